The summed E-state index contributed by atoms with van der Waals surface area (Å²) in [5.41, 5.74) is 4.34. The molecule has 41 heavy (non-hydrogen) atoms. The van der Waals surface area contributed by atoms with Crippen LogP contribution in [-0.2, 0) is 27.9 Å². The van der Waals surface area contributed by atoms with Gasteiger partial charge in [0.15, 0.2) is 29.2 Å². The molecule has 0 saturated carbocycles. The molecule has 2 aliphatic heterocycles. The van der Waals surface area contributed by atoms with Crippen LogP contribution in [0.5, 0.6) is 0 Å². The van der Waals surface area contributed by atoms with Crippen molar-refractivity contribution < 1.29 is 26.2 Å². The molecule has 3 heterocycles. The van der Waals surface area contributed by atoms with Gasteiger partial charge >= 0.3 is 5.69 Å². The maximum atomic E-state index is 13.9. The number of allylic oxidation sites excluding steroid dienone is 1. The molecule has 2 aliphatic rings. The second kappa shape index (κ2) is 10.4. The molecule has 11 nitrogen and oxygen atoms in total. The number of nitrogens with zero attached hydrogens (tertiary/aromatic N) is 2. The molecule has 2 N–H and O–H groups in total. The van der Waals surface area contributed by atoms with E-state index in [0.717, 1.165) is 15.5 Å². The number of aromatic nitrogens is 2. The summed E-state index contributed by atoms with van der Waals surface area (Å²) >= 11 is 0. The Balaban J connectivity index is 2.40. The van der Waals surface area contributed by atoms with Gasteiger partial charge in [0.2, 0.25) is 5.60 Å². The zero-order valence-electron chi connectivity index (χ0n) is 26.6. The van der Waals surface area contributed by atoms with Crippen LogP contribution in [0.3, 0.4) is 0 Å². The standard InChI is InChI=1S/C27H47N3O8SSi2/c1-17(2)14-29-21(31)18(3)15-30(24(29)32)22-20(36-40(10,11)25(4,5)6)27(19(28)16-39(33,34)38-27)23(35-22)37-41(12,13)26(7,8)9/h14-16,20,22-23H,28H2,1-13H3/t20-,22+,23+,27?/m0/s1. The average Bonchev–Trinajstić information content (AvgIpc) is 3.18. The first-order chi connectivity index (χ1) is 18.3. The highest BCUT2D eigenvalue weighted by Gasteiger charge is 2.69. The van der Waals surface area contributed by atoms with Gasteiger partial charge in [0.25, 0.3) is 15.7 Å². The van der Waals surface area contributed by atoms with Crippen LogP contribution in [0, 0.1) is 6.92 Å². The summed E-state index contributed by atoms with van der Waals surface area (Å²) < 4.78 is 54.1. The molecule has 0 aliphatic carbocycles. The van der Waals surface area contributed by atoms with E-state index in [2.05, 4.69) is 0 Å². The fraction of sp³-hybridized carbons (Fsp3) is 0.704. The van der Waals surface area contributed by atoms with Crippen molar-refractivity contribution >= 4 is 33.0 Å². The number of aryl methyl sites for hydroxylation is 1. The lowest BCUT2D eigenvalue weighted by Crippen LogP contribution is -2.60. The fourth-order valence-corrected chi connectivity index (χ4v) is 7.83. The highest BCUT2D eigenvalue weighted by Crippen LogP contribution is 2.53. The largest absolute Gasteiger partial charge is 0.406 e. The molecule has 0 radical (unpaired) electrons. The maximum Gasteiger partial charge on any atom is 0.337 e. The van der Waals surface area contributed by atoms with Gasteiger partial charge in [-0.2, -0.15) is 8.42 Å². The van der Waals surface area contributed by atoms with E-state index in [4.69, 9.17) is 23.5 Å². The summed E-state index contributed by atoms with van der Waals surface area (Å²) in [5, 5.41) is 0.265. The Labute approximate surface area is 245 Å². The highest BCUT2D eigenvalue weighted by atomic mass is 32.2. The molecule has 4 atom stereocenters. The topological polar surface area (TPSA) is 141 Å². The third-order valence-corrected chi connectivity index (χ3v) is 18.6. The van der Waals surface area contributed by atoms with Crippen molar-refractivity contribution in [3.8, 4) is 0 Å². The lowest BCUT2D eigenvalue weighted by Gasteiger charge is -2.44. The van der Waals surface area contributed by atoms with Crippen LogP contribution in [0.15, 0.2) is 32.5 Å². The number of hydrogen-bond donors (Lipinski definition) is 1. The Morgan fingerprint density at radius 1 is 1.02 bits per heavy atom. The Bertz CT molecular complexity index is 1490. The molecule has 1 aromatic rings. The van der Waals surface area contributed by atoms with Crippen LogP contribution in [0.25, 0.3) is 6.20 Å². The van der Waals surface area contributed by atoms with Crippen LogP contribution in [0.4, 0.5) is 0 Å². The van der Waals surface area contributed by atoms with Crippen LogP contribution >= 0.6 is 0 Å². The van der Waals surface area contributed by atoms with Crippen molar-refractivity contribution in [2.24, 2.45) is 5.73 Å². The number of ether oxygens (including phenoxy) is 1. The lowest BCUT2D eigenvalue weighted by molar-refractivity contribution is -0.147. The van der Waals surface area contributed by atoms with Crippen LogP contribution in [0.2, 0.25) is 36.3 Å². The van der Waals surface area contributed by atoms with Crippen molar-refractivity contribution in [2.45, 2.75) is 123 Å². The SMILES string of the molecule is CC(C)=Cn1c(=O)c(C)cn([C@@H]2O[C@H](O[Si](C)(C)C(C)(C)C)C3(OS(=O)(=O)C=C3N)[C@H]2O[Si](C)(C)C(C)(C)C)c1=O. The van der Waals surface area contributed by atoms with Crippen molar-refractivity contribution in [2.75, 3.05) is 0 Å². The molecular weight excluding hydrogens is 583 g/mol. The summed E-state index contributed by atoms with van der Waals surface area (Å²) in [6, 6.07) is 0. The highest BCUT2D eigenvalue weighted by molar-refractivity contribution is 7.90. The Hall–Kier alpha value is -1.82. The van der Waals surface area contributed by atoms with Crippen molar-refractivity contribution in [1.82, 2.24) is 9.13 Å². The van der Waals surface area contributed by atoms with E-state index in [0.29, 0.717) is 0 Å². The monoisotopic (exact) mass is 629 g/mol. The van der Waals surface area contributed by atoms with E-state index in [1.54, 1.807) is 20.8 Å². The normalized spacial score (nSPS) is 26.9. The van der Waals surface area contributed by atoms with E-state index in [-0.39, 0.29) is 21.3 Å². The molecule has 14 heteroatoms. The summed E-state index contributed by atoms with van der Waals surface area (Å²) in [4.78, 5) is 26.8. The molecule has 1 aromatic heterocycles. The molecule has 1 fully saturated rings. The van der Waals surface area contributed by atoms with Gasteiger partial charge < -0.3 is 19.3 Å². The van der Waals surface area contributed by atoms with Gasteiger partial charge in [-0.25, -0.2) is 13.5 Å². The van der Waals surface area contributed by atoms with Gasteiger partial charge in [-0.15, -0.1) is 0 Å². The molecular formula is C27H47N3O8SSi2. The van der Waals surface area contributed by atoms with E-state index < -0.39 is 62.2 Å². The van der Waals surface area contributed by atoms with Crippen LogP contribution in [-0.4, -0.2) is 52.2 Å². The first-order valence-corrected chi connectivity index (χ1v) is 21.0. The average molecular weight is 630 g/mol. The second-order valence-electron chi connectivity index (χ2n) is 14.4. The molecule has 1 saturated heterocycles. The smallest absolute Gasteiger partial charge is 0.337 e. The van der Waals surface area contributed by atoms with Crippen LogP contribution in [0.1, 0.15) is 67.2 Å². The number of hydrogen-bond acceptors (Lipinski definition) is 9. The quantitative estimate of drug-likeness (QED) is 0.359. The molecule has 232 valence electrons. The van der Waals surface area contributed by atoms with Gasteiger partial charge in [0.1, 0.15) is 6.10 Å². The van der Waals surface area contributed by atoms with Gasteiger partial charge in [-0.1, -0.05) is 47.1 Å². The van der Waals surface area contributed by atoms with E-state index >= 15 is 0 Å². The molecule has 1 spiro atoms. The first kappa shape index (κ1) is 33.7. The minimum atomic E-state index is -4.24. The minimum Gasteiger partial charge on any atom is -0.406 e. The molecule has 3 rings (SSSR count). The predicted octanol–water partition coefficient (Wildman–Crippen LogP) is 4.37. The maximum absolute atomic E-state index is 13.9. The minimum absolute atomic E-state index is 0.130. The van der Waals surface area contributed by atoms with Gasteiger partial charge in [-0.05, 0) is 57.0 Å². The number of rotatable bonds is 6. The molecule has 0 bridgehead atoms. The van der Waals surface area contributed by atoms with Crippen LogP contribution < -0.4 is 17.0 Å². The zero-order chi connectivity index (χ0) is 31.7. The second-order valence-corrected chi connectivity index (χ2v) is 25.3. The molecule has 1 unspecified atom stereocenters. The van der Waals surface area contributed by atoms with Gasteiger partial charge in [-0.3, -0.25) is 9.36 Å². The van der Waals surface area contributed by atoms with Gasteiger partial charge in [0.05, 0.1) is 11.1 Å². The van der Waals surface area contributed by atoms with Crippen molar-refractivity contribution in [1.29, 1.82) is 0 Å². The Morgan fingerprint density at radius 2 is 1.54 bits per heavy atom. The van der Waals surface area contributed by atoms with Crippen molar-refractivity contribution in [3.63, 3.8) is 0 Å². The molecule has 0 aromatic carbocycles. The summed E-state index contributed by atoms with van der Waals surface area (Å²) in [6.45, 7) is 25.4. The molecule has 0 amide bonds. The Kier molecular flexibility index (Phi) is 8.56. The van der Waals surface area contributed by atoms with Crippen molar-refractivity contribution in [3.05, 3.63) is 49.3 Å². The summed E-state index contributed by atoms with van der Waals surface area (Å²) in [7, 11) is -9.58. The van der Waals surface area contributed by atoms with E-state index in [1.165, 1.54) is 17.0 Å². The number of nitrogens with two attached hydrogens (primary N) is 1. The zero-order valence-corrected chi connectivity index (χ0v) is 29.4. The third kappa shape index (κ3) is 6.01. The predicted molar refractivity (Wildman–Crippen MR) is 165 cm³/mol. The van der Waals surface area contributed by atoms with Gasteiger partial charge in [0, 0.05) is 18.0 Å². The summed E-state index contributed by atoms with van der Waals surface area (Å²) in [6.07, 6.45) is -0.910. The first-order valence-electron chi connectivity index (χ1n) is 13.7. The van der Waals surface area contributed by atoms with E-state index in [1.807, 2.05) is 67.7 Å². The third-order valence-electron chi connectivity index (χ3n) is 8.68. The van der Waals surface area contributed by atoms with E-state index in [9.17, 15) is 18.0 Å². The lowest BCUT2D eigenvalue weighted by atomic mass is 9.94. The Morgan fingerprint density at radius 3 is 1.98 bits per heavy atom. The fourth-order valence-electron chi connectivity index (χ4n) is 4.23. The summed E-state index contributed by atoms with van der Waals surface area (Å²) in [5.74, 6) is 0.